The van der Waals surface area contributed by atoms with Crippen LogP contribution < -0.4 is 25.9 Å². The normalized spacial score (nSPS) is 24.2. The lowest BCUT2D eigenvalue weighted by molar-refractivity contribution is 0.181. The highest BCUT2D eigenvalue weighted by Gasteiger charge is 2.32. The van der Waals surface area contributed by atoms with E-state index in [0.717, 1.165) is 105 Å². The van der Waals surface area contributed by atoms with Crippen molar-refractivity contribution in [3.63, 3.8) is 0 Å². The van der Waals surface area contributed by atoms with E-state index in [2.05, 4.69) is 86.3 Å². The van der Waals surface area contributed by atoms with Gasteiger partial charge in [0.2, 0.25) is 0 Å². The summed E-state index contributed by atoms with van der Waals surface area (Å²) in [7, 11) is 1.89. The molecule has 4 aliphatic heterocycles. The lowest BCUT2D eigenvalue weighted by Gasteiger charge is -2.41. The number of benzene rings is 1. The first-order valence-corrected chi connectivity index (χ1v) is 18.3. The molecule has 2 saturated heterocycles. The summed E-state index contributed by atoms with van der Waals surface area (Å²) in [5, 5.41) is 7.10. The van der Waals surface area contributed by atoms with Gasteiger partial charge in [-0.2, -0.15) is 0 Å². The van der Waals surface area contributed by atoms with Crippen LogP contribution in [-0.4, -0.2) is 65.8 Å². The van der Waals surface area contributed by atoms with Crippen LogP contribution in [0.1, 0.15) is 82.9 Å². The van der Waals surface area contributed by atoms with Gasteiger partial charge in [0.1, 0.15) is 11.6 Å². The van der Waals surface area contributed by atoms with Gasteiger partial charge in [0.25, 0.3) is 0 Å². The average molecular weight is 654 g/mol. The zero-order valence-corrected chi connectivity index (χ0v) is 29.1. The fourth-order valence-electron chi connectivity index (χ4n) is 8.50. The SMILES string of the molecule is CCC1C=C(CN(Cc2cn3c4c(c(N5CCCCC5C)c(F)cc4c2=O)CCC3C)C2CCCN(c3ccc(NC)nc3)C2)C=CN1. The van der Waals surface area contributed by atoms with Crippen LogP contribution in [0.3, 0.4) is 0 Å². The Hall–Kier alpha value is -3.85. The Bertz CT molecular complexity index is 1750. The average Bonchev–Trinajstić information content (AvgIpc) is 3.11. The predicted octanol–water partition coefficient (Wildman–Crippen LogP) is 6.76. The third-order valence-electron chi connectivity index (χ3n) is 11.3. The highest BCUT2D eigenvalue weighted by molar-refractivity contribution is 5.89. The van der Waals surface area contributed by atoms with Crippen LogP contribution in [0.25, 0.3) is 10.9 Å². The Kier molecular flexibility index (Phi) is 9.49. The summed E-state index contributed by atoms with van der Waals surface area (Å²) in [5.41, 5.74) is 5.81. The standard InChI is InChI=1S/C39H52FN7O/c1-5-30-19-28(15-16-42-30)22-45(32-10-8-17-44(25-32)31-12-14-36(41-4)43-21-31)23-29-24-47-27(3)11-13-33-37(47)34(39(29)48)20-35(40)38(33)46-18-7-6-9-26(46)2/h12,14-16,19-21,24,26-27,30,32,42H,5-11,13,17-18,22-23,25H2,1-4H3,(H,41,43). The molecule has 0 bridgehead atoms. The maximum Gasteiger partial charge on any atom is 0.193 e. The number of aromatic nitrogens is 2. The van der Waals surface area contributed by atoms with Crippen LogP contribution in [0.15, 0.2) is 59.3 Å². The van der Waals surface area contributed by atoms with Crippen LogP contribution in [0, 0.1) is 5.82 Å². The fourth-order valence-corrected chi connectivity index (χ4v) is 8.50. The van der Waals surface area contributed by atoms with Crippen molar-refractivity contribution < 1.29 is 4.39 Å². The molecule has 2 aromatic heterocycles. The first-order valence-electron chi connectivity index (χ1n) is 18.3. The molecule has 0 saturated carbocycles. The third kappa shape index (κ3) is 6.33. The monoisotopic (exact) mass is 653 g/mol. The predicted molar refractivity (Wildman–Crippen MR) is 196 cm³/mol. The van der Waals surface area contributed by atoms with Gasteiger partial charge in [-0.1, -0.05) is 13.0 Å². The number of nitrogens with one attached hydrogen (secondary N) is 2. The van der Waals surface area contributed by atoms with Gasteiger partial charge < -0.3 is 25.0 Å². The van der Waals surface area contributed by atoms with Gasteiger partial charge in [0.05, 0.1) is 23.1 Å². The molecule has 8 nitrogen and oxygen atoms in total. The highest BCUT2D eigenvalue weighted by Crippen LogP contribution is 2.40. The number of nitrogens with zero attached hydrogens (tertiary/aromatic N) is 5. The molecule has 3 aromatic rings. The van der Waals surface area contributed by atoms with Gasteiger partial charge in [0, 0.05) is 86.6 Å². The molecule has 6 heterocycles. The van der Waals surface area contributed by atoms with Crippen molar-refractivity contribution in [3.8, 4) is 0 Å². The summed E-state index contributed by atoms with van der Waals surface area (Å²) in [6.07, 6.45) is 18.8. The first-order chi connectivity index (χ1) is 23.3. The number of pyridine rings is 2. The Morgan fingerprint density at radius 3 is 2.73 bits per heavy atom. The topological polar surface area (TPSA) is 68.7 Å². The van der Waals surface area contributed by atoms with Crippen LogP contribution in [-0.2, 0) is 13.0 Å². The van der Waals surface area contributed by atoms with Crippen molar-refractivity contribution in [1.29, 1.82) is 0 Å². The molecule has 4 unspecified atom stereocenters. The molecule has 2 fully saturated rings. The number of halogens is 1. The Labute approximate surface area is 284 Å². The molecule has 0 aliphatic carbocycles. The molecule has 4 atom stereocenters. The minimum Gasteiger partial charge on any atom is -0.385 e. The molecule has 9 heteroatoms. The van der Waals surface area contributed by atoms with E-state index in [1.807, 2.05) is 19.3 Å². The van der Waals surface area contributed by atoms with Gasteiger partial charge in [-0.25, -0.2) is 9.37 Å². The van der Waals surface area contributed by atoms with Crippen LogP contribution in [0.5, 0.6) is 0 Å². The molecule has 0 radical (unpaired) electrons. The smallest absolute Gasteiger partial charge is 0.193 e. The minimum absolute atomic E-state index is 0.0282. The number of rotatable bonds is 9. The molecule has 7 rings (SSSR count). The van der Waals surface area contributed by atoms with Gasteiger partial charge >= 0.3 is 0 Å². The van der Waals surface area contributed by atoms with E-state index < -0.39 is 0 Å². The summed E-state index contributed by atoms with van der Waals surface area (Å²) in [6.45, 7) is 10.6. The van der Waals surface area contributed by atoms with Gasteiger partial charge in [-0.15, -0.1) is 0 Å². The van der Waals surface area contributed by atoms with E-state index >= 15 is 4.39 Å². The highest BCUT2D eigenvalue weighted by atomic mass is 19.1. The molecular weight excluding hydrogens is 601 g/mol. The molecule has 4 aliphatic rings. The first kappa shape index (κ1) is 32.7. The lowest BCUT2D eigenvalue weighted by atomic mass is 9.92. The van der Waals surface area contributed by atoms with Gasteiger partial charge in [-0.3, -0.25) is 9.69 Å². The maximum atomic E-state index is 16.2. The molecular formula is C39H52FN7O. The second kappa shape index (κ2) is 13.9. The quantitative estimate of drug-likeness (QED) is 0.265. The summed E-state index contributed by atoms with van der Waals surface area (Å²) in [4.78, 5) is 26.2. The number of hydrogen-bond donors (Lipinski definition) is 2. The van der Waals surface area contributed by atoms with E-state index in [1.54, 1.807) is 6.07 Å². The molecule has 256 valence electrons. The van der Waals surface area contributed by atoms with Crippen LogP contribution in [0.4, 0.5) is 21.6 Å². The summed E-state index contributed by atoms with van der Waals surface area (Å²) in [5.74, 6) is 0.617. The molecule has 1 aromatic carbocycles. The van der Waals surface area contributed by atoms with Crippen LogP contribution >= 0.6 is 0 Å². The fraction of sp³-hybridized carbons (Fsp3) is 0.538. The summed E-state index contributed by atoms with van der Waals surface area (Å²) in [6, 6.07) is 6.82. The van der Waals surface area contributed by atoms with Gasteiger partial charge in [0.15, 0.2) is 5.43 Å². The number of anilines is 3. The number of piperidine rings is 2. The summed E-state index contributed by atoms with van der Waals surface area (Å²) < 4.78 is 18.5. The molecule has 48 heavy (non-hydrogen) atoms. The molecule has 0 amide bonds. The Balaban J connectivity index is 1.26. The van der Waals surface area contributed by atoms with Crippen LogP contribution in [0.2, 0.25) is 0 Å². The van der Waals surface area contributed by atoms with Crippen molar-refractivity contribution in [3.05, 3.63) is 81.7 Å². The van der Waals surface area contributed by atoms with Crippen molar-refractivity contribution in [2.24, 2.45) is 0 Å². The molecule has 2 N–H and O–H groups in total. The zero-order valence-electron chi connectivity index (χ0n) is 29.1. The largest absolute Gasteiger partial charge is 0.385 e. The number of hydrogen-bond acceptors (Lipinski definition) is 7. The van der Waals surface area contributed by atoms with Crippen molar-refractivity contribution in [2.45, 2.75) is 103 Å². The van der Waals surface area contributed by atoms with Crippen molar-refractivity contribution in [1.82, 2.24) is 19.8 Å². The van der Waals surface area contributed by atoms with E-state index in [1.165, 1.54) is 12.0 Å². The van der Waals surface area contributed by atoms with E-state index in [4.69, 9.17) is 0 Å². The number of aryl methyl sites for hydroxylation is 1. The second-order valence-electron chi connectivity index (χ2n) is 14.5. The van der Waals surface area contributed by atoms with E-state index in [9.17, 15) is 4.79 Å². The maximum absolute atomic E-state index is 16.2. The van der Waals surface area contributed by atoms with Gasteiger partial charge in [-0.05, 0) is 101 Å². The lowest BCUT2D eigenvalue weighted by Crippen LogP contribution is -2.49. The summed E-state index contributed by atoms with van der Waals surface area (Å²) >= 11 is 0. The Morgan fingerprint density at radius 1 is 1.08 bits per heavy atom. The zero-order chi connectivity index (χ0) is 33.4. The van der Waals surface area contributed by atoms with E-state index in [-0.39, 0.29) is 23.3 Å². The Morgan fingerprint density at radius 2 is 1.96 bits per heavy atom. The van der Waals surface area contributed by atoms with E-state index in [0.29, 0.717) is 24.0 Å². The third-order valence-corrected chi connectivity index (χ3v) is 11.3. The minimum atomic E-state index is -0.241. The number of dihydropyridines is 1. The molecule has 0 spiro atoms. The van der Waals surface area contributed by atoms with Crippen molar-refractivity contribution in [2.75, 3.05) is 48.3 Å². The van der Waals surface area contributed by atoms with Crippen molar-refractivity contribution >= 4 is 28.1 Å². The second-order valence-corrected chi connectivity index (χ2v) is 14.5.